The van der Waals surface area contributed by atoms with Crippen LogP contribution in [0.15, 0.2) is 24.3 Å². The summed E-state index contributed by atoms with van der Waals surface area (Å²) in [5.74, 6) is -1.14. The van der Waals surface area contributed by atoms with Crippen LogP contribution in [0.3, 0.4) is 0 Å². The number of amides is 4. The van der Waals surface area contributed by atoms with E-state index in [4.69, 9.17) is 0 Å². The van der Waals surface area contributed by atoms with Crippen LogP contribution in [-0.2, 0) is 9.59 Å². The highest BCUT2D eigenvalue weighted by atomic mass is 16.2. The van der Waals surface area contributed by atoms with Gasteiger partial charge in [-0.2, -0.15) is 0 Å². The maximum absolute atomic E-state index is 12.3. The Morgan fingerprint density at radius 1 is 1.08 bits per heavy atom. The van der Waals surface area contributed by atoms with Crippen LogP contribution in [0.2, 0.25) is 0 Å². The molecule has 0 bridgehead atoms. The number of rotatable bonds is 5. The number of nitrogens with zero attached hydrogens (tertiary/aromatic N) is 2. The lowest BCUT2D eigenvalue weighted by molar-refractivity contribution is -0.129. The van der Waals surface area contributed by atoms with E-state index >= 15 is 0 Å². The number of carbonyl (C=O) groups excluding carboxylic acids is 4. The first-order valence-electron chi connectivity index (χ1n) is 8.58. The maximum atomic E-state index is 12.3. The van der Waals surface area contributed by atoms with Crippen LogP contribution < -0.4 is 5.32 Å². The lowest BCUT2D eigenvalue weighted by Gasteiger charge is -2.17. The zero-order chi connectivity index (χ0) is 17.6. The number of benzene rings is 1. The van der Waals surface area contributed by atoms with Crippen LogP contribution in [0, 0.1) is 5.92 Å². The smallest absolute Gasteiger partial charge is 0.261 e. The van der Waals surface area contributed by atoms with Crippen molar-refractivity contribution < 1.29 is 19.2 Å². The number of hydrogen-bond acceptors (Lipinski definition) is 4. The largest absolute Gasteiger partial charge is 0.354 e. The molecule has 3 aliphatic rings. The molecule has 1 saturated heterocycles. The van der Waals surface area contributed by atoms with Gasteiger partial charge in [0.05, 0.1) is 17.0 Å². The second-order valence-corrected chi connectivity index (χ2v) is 6.78. The summed E-state index contributed by atoms with van der Waals surface area (Å²) in [5, 5.41) is 2.76. The lowest BCUT2D eigenvalue weighted by atomic mass is 10.1. The Kier molecular flexibility index (Phi) is 3.78. The van der Waals surface area contributed by atoms with E-state index in [1.807, 2.05) is 0 Å². The van der Waals surface area contributed by atoms with E-state index in [2.05, 4.69) is 5.32 Å². The number of carbonyl (C=O) groups is 4. The average molecular weight is 341 g/mol. The average Bonchev–Trinajstić information content (AvgIpc) is 3.34. The van der Waals surface area contributed by atoms with Crippen LogP contribution >= 0.6 is 0 Å². The van der Waals surface area contributed by atoms with E-state index in [1.54, 1.807) is 29.2 Å². The van der Waals surface area contributed by atoms with E-state index in [0.717, 1.165) is 17.7 Å². The molecule has 1 saturated carbocycles. The summed E-state index contributed by atoms with van der Waals surface area (Å²) in [6, 6.07) is 7.02. The predicted molar refractivity (Wildman–Crippen MR) is 87.7 cm³/mol. The standard InChI is InChI=1S/C18H19N3O4/c22-15-9-11(10-21(15)12-5-6-12)16(23)19-7-8-20-17(24)13-3-1-2-4-14(13)18(20)25/h1-4,11-12H,5-10H2,(H,19,23). The summed E-state index contributed by atoms with van der Waals surface area (Å²) in [6.07, 6.45) is 2.30. The molecule has 7 nitrogen and oxygen atoms in total. The minimum Gasteiger partial charge on any atom is -0.354 e. The topological polar surface area (TPSA) is 86.8 Å². The van der Waals surface area contributed by atoms with Crippen LogP contribution in [-0.4, -0.2) is 59.1 Å². The molecule has 0 radical (unpaired) electrons. The van der Waals surface area contributed by atoms with Gasteiger partial charge in [0.15, 0.2) is 0 Å². The number of fused-ring (bicyclic) bond motifs is 1. The summed E-state index contributed by atoms with van der Waals surface area (Å²) >= 11 is 0. The van der Waals surface area contributed by atoms with E-state index in [9.17, 15) is 19.2 Å². The number of hydrogen-bond donors (Lipinski definition) is 1. The van der Waals surface area contributed by atoms with Gasteiger partial charge < -0.3 is 10.2 Å². The van der Waals surface area contributed by atoms with Crippen molar-refractivity contribution in [1.82, 2.24) is 15.1 Å². The minimum atomic E-state index is -0.338. The quantitative estimate of drug-likeness (QED) is 0.786. The third kappa shape index (κ3) is 2.79. The molecule has 4 amide bonds. The Hall–Kier alpha value is -2.70. The molecule has 7 heteroatoms. The molecule has 2 fully saturated rings. The molecule has 2 heterocycles. The zero-order valence-corrected chi connectivity index (χ0v) is 13.7. The SMILES string of the molecule is O=C(NCCN1C(=O)c2ccccc2C1=O)C1CC(=O)N(C2CC2)C1. The monoisotopic (exact) mass is 341 g/mol. The first kappa shape index (κ1) is 15.8. The molecule has 1 atom stereocenters. The first-order valence-corrected chi connectivity index (χ1v) is 8.58. The second-order valence-electron chi connectivity index (χ2n) is 6.78. The fourth-order valence-corrected chi connectivity index (χ4v) is 3.52. The lowest BCUT2D eigenvalue weighted by Crippen LogP contribution is -2.40. The molecule has 0 spiro atoms. The number of likely N-dealkylation sites (tertiary alicyclic amines) is 1. The molecule has 0 aromatic heterocycles. The third-order valence-electron chi connectivity index (χ3n) is 5.03. The van der Waals surface area contributed by atoms with Gasteiger partial charge in [-0.25, -0.2) is 0 Å². The molecule has 2 aliphatic heterocycles. The zero-order valence-electron chi connectivity index (χ0n) is 13.7. The molecule has 1 aromatic carbocycles. The molecule has 1 N–H and O–H groups in total. The van der Waals surface area contributed by atoms with Gasteiger partial charge in [0.2, 0.25) is 11.8 Å². The van der Waals surface area contributed by atoms with Crippen molar-refractivity contribution in [2.45, 2.75) is 25.3 Å². The Labute approximate surface area is 145 Å². The predicted octanol–water partition coefficient (Wildman–Crippen LogP) is 0.410. The summed E-state index contributed by atoms with van der Waals surface area (Å²) in [7, 11) is 0. The van der Waals surface area contributed by atoms with Crippen molar-refractivity contribution >= 4 is 23.6 Å². The van der Waals surface area contributed by atoms with Gasteiger partial charge in [0, 0.05) is 32.1 Å². The van der Waals surface area contributed by atoms with Gasteiger partial charge >= 0.3 is 0 Å². The molecular formula is C18H19N3O4. The maximum Gasteiger partial charge on any atom is 0.261 e. The van der Waals surface area contributed by atoms with E-state index in [-0.39, 0.29) is 49.1 Å². The van der Waals surface area contributed by atoms with E-state index in [0.29, 0.717) is 23.7 Å². The Bertz CT molecular complexity index is 736. The molecule has 1 unspecified atom stereocenters. The first-order chi connectivity index (χ1) is 12.1. The number of nitrogens with one attached hydrogen (secondary N) is 1. The van der Waals surface area contributed by atoms with Crippen LogP contribution in [0.1, 0.15) is 40.0 Å². The van der Waals surface area contributed by atoms with Crippen LogP contribution in [0.4, 0.5) is 0 Å². The fourth-order valence-electron chi connectivity index (χ4n) is 3.52. The van der Waals surface area contributed by atoms with Crippen LogP contribution in [0.5, 0.6) is 0 Å². The van der Waals surface area contributed by atoms with Crippen molar-refractivity contribution in [3.05, 3.63) is 35.4 Å². The molecule has 1 aliphatic carbocycles. The van der Waals surface area contributed by atoms with Gasteiger partial charge in [0.1, 0.15) is 0 Å². The normalized spacial score (nSPS) is 22.6. The molecule has 130 valence electrons. The highest BCUT2D eigenvalue weighted by molar-refractivity contribution is 6.21. The highest BCUT2D eigenvalue weighted by Gasteiger charge is 2.41. The minimum absolute atomic E-state index is 0.0444. The Morgan fingerprint density at radius 3 is 2.32 bits per heavy atom. The third-order valence-corrected chi connectivity index (χ3v) is 5.03. The van der Waals surface area contributed by atoms with Gasteiger partial charge in [-0.1, -0.05) is 12.1 Å². The Balaban J connectivity index is 1.30. The fraction of sp³-hybridized carbons (Fsp3) is 0.444. The molecule has 25 heavy (non-hydrogen) atoms. The van der Waals surface area contributed by atoms with Gasteiger partial charge in [-0.3, -0.25) is 24.1 Å². The summed E-state index contributed by atoms with van der Waals surface area (Å²) in [5.41, 5.74) is 0.806. The summed E-state index contributed by atoms with van der Waals surface area (Å²) < 4.78 is 0. The highest BCUT2D eigenvalue weighted by Crippen LogP contribution is 2.32. The van der Waals surface area contributed by atoms with Gasteiger partial charge in [0.25, 0.3) is 11.8 Å². The van der Waals surface area contributed by atoms with Crippen molar-refractivity contribution in [2.75, 3.05) is 19.6 Å². The van der Waals surface area contributed by atoms with Crippen molar-refractivity contribution in [2.24, 2.45) is 5.92 Å². The second kappa shape index (κ2) is 5.98. The molecule has 4 rings (SSSR count). The van der Waals surface area contributed by atoms with Crippen molar-refractivity contribution in [3.8, 4) is 0 Å². The van der Waals surface area contributed by atoms with E-state index in [1.165, 1.54) is 0 Å². The summed E-state index contributed by atoms with van der Waals surface area (Å²) in [6.45, 7) is 0.797. The Morgan fingerprint density at radius 2 is 1.72 bits per heavy atom. The van der Waals surface area contributed by atoms with Crippen molar-refractivity contribution in [3.63, 3.8) is 0 Å². The van der Waals surface area contributed by atoms with E-state index < -0.39 is 0 Å². The molecular weight excluding hydrogens is 322 g/mol. The number of imide groups is 1. The summed E-state index contributed by atoms with van der Waals surface area (Å²) in [4.78, 5) is 51.6. The van der Waals surface area contributed by atoms with Crippen LogP contribution in [0.25, 0.3) is 0 Å². The van der Waals surface area contributed by atoms with Gasteiger partial charge in [-0.15, -0.1) is 0 Å². The van der Waals surface area contributed by atoms with Crippen molar-refractivity contribution in [1.29, 1.82) is 0 Å². The van der Waals surface area contributed by atoms with Gasteiger partial charge in [-0.05, 0) is 25.0 Å². The molecule has 1 aromatic rings.